The minimum atomic E-state index is -0.375. The molecule has 4 rings (SSSR count). The molecule has 0 unspecified atom stereocenters. The van der Waals surface area contributed by atoms with Crippen LogP contribution >= 0.6 is 0 Å². The molecule has 3 heterocycles. The van der Waals surface area contributed by atoms with Crippen LogP contribution in [0.2, 0.25) is 0 Å². The van der Waals surface area contributed by atoms with E-state index in [1.807, 2.05) is 46.1 Å². The maximum absolute atomic E-state index is 12.8. The largest absolute Gasteiger partial charge is 0.338 e. The zero-order chi connectivity index (χ0) is 16.5. The summed E-state index contributed by atoms with van der Waals surface area (Å²) in [5, 5.41) is 7.10. The first kappa shape index (κ1) is 14.9. The van der Waals surface area contributed by atoms with Crippen molar-refractivity contribution < 1.29 is 9.59 Å². The van der Waals surface area contributed by atoms with Crippen molar-refractivity contribution in [2.75, 3.05) is 11.9 Å². The molecule has 0 spiro atoms. The third-order valence-corrected chi connectivity index (χ3v) is 4.94. The lowest BCUT2D eigenvalue weighted by Gasteiger charge is -2.25. The minimum Gasteiger partial charge on any atom is -0.338 e. The molecule has 0 aliphatic carbocycles. The van der Waals surface area contributed by atoms with Crippen molar-refractivity contribution in [1.29, 1.82) is 0 Å². The summed E-state index contributed by atoms with van der Waals surface area (Å²) in [7, 11) is 0. The number of nitrogens with zero attached hydrogens (tertiary/aromatic N) is 3. The zero-order valence-corrected chi connectivity index (χ0v) is 13.4. The Labute approximate surface area is 140 Å². The van der Waals surface area contributed by atoms with Crippen LogP contribution in [-0.4, -0.2) is 39.1 Å². The molecule has 2 amide bonds. The van der Waals surface area contributed by atoms with Crippen molar-refractivity contribution >= 4 is 17.5 Å². The number of para-hydroxylation sites is 1. The fraction of sp³-hybridized carbons (Fsp3) is 0.389. The molecule has 1 N–H and O–H groups in total. The Morgan fingerprint density at radius 3 is 3.00 bits per heavy atom. The second-order valence-electron chi connectivity index (χ2n) is 6.44. The van der Waals surface area contributed by atoms with E-state index < -0.39 is 0 Å². The number of hydrogen-bond donors (Lipinski definition) is 1. The number of aromatic nitrogens is 2. The standard InChI is InChI=1S/C18H20N4O2/c23-17(11-15-14-6-1-2-7-16(14)20-18(15)24)22-10-3-5-13(22)12-21-9-4-8-19-21/h1-2,4,6-9,13,15H,3,5,10-12H2,(H,20,24)/t13-,15+/m1/s1. The third-order valence-electron chi connectivity index (χ3n) is 4.94. The molecule has 1 fully saturated rings. The number of benzene rings is 1. The van der Waals surface area contributed by atoms with E-state index in [0.29, 0.717) is 6.54 Å². The highest BCUT2D eigenvalue weighted by Gasteiger charge is 2.36. The lowest BCUT2D eigenvalue weighted by molar-refractivity contribution is -0.134. The first-order valence-electron chi connectivity index (χ1n) is 8.39. The summed E-state index contributed by atoms with van der Waals surface area (Å²) < 4.78 is 1.87. The molecule has 24 heavy (non-hydrogen) atoms. The number of fused-ring (bicyclic) bond motifs is 1. The molecule has 2 aromatic rings. The van der Waals surface area contributed by atoms with E-state index in [1.165, 1.54) is 0 Å². The Bertz CT molecular complexity index is 756. The number of anilines is 1. The minimum absolute atomic E-state index is 0.0570. The van der Waals surface area contributed by atoms with Gasteiger partial charge in [-0.25, -0.2) is 0 Å². The molecule has 1 aromatic heterocycles. The van der Waals surface area contributed by atoms with Crippen molar-refractivity contribution in [3.63, 3.8) is 0 Å². The highest BCUT2D eigenvalue weighted by molar-refractivity contribution is 6.04. The average Bonchev–Trinajstić information content (AvgIpc) is 3.30. The number of hydrogen-bond acceptors (Lipinski definition) is 3. The average molecular weight is 324 g/mol. The Hall–Kier alpha value is -2.63. The van der Waals surface area contributed by atoms with E-state index in [-0.39, 0.29) is 30.2 Å². The van der Waals surface area contributed by atoms with Crippen LogP contribution in [0.3, 0.4) is 0 Å². The summed E-state index contributed by atoms with van der Waals surface area (Å²) in [5.41, 5.74) is 1.76. The van der Waals surface area contributed by atoms with Gasteiger partial charge < -0.3 is 10.2 Å². The zero-order valence-electron chi connectivity index (χ0n) is 13.4. The van der Waals surface area contributed by atoms with Gasteiger partial charge in [-0.05, 0) is 30.5 Å². The summed E-state index contributed by atoms with van der Waals surface area (Å²) in [5.74, 6) is -0.395. The van der Waals surface area contributed by atoms with Gasteiger partial charge in [0.05, 0.1) is 18.5 Å². The lowest BCUT2D eigenvalue weighted by atomic mass is 9.96. The first-order valence-corrected chi connectivity index (χ1v) is 8.39. The van der Waals surface area contributed by atoms with Gasteiger partial charge in [-0.2, -0.15) is 5.10 Å². The molecule has 2 atom stereocenters. The van der Waals surface area contributed by atoms with E-state index >= 15 is 0 Å². The van der Waals surface area contributed by atoms with Crippen molar-refractivity contribution in [3.05, 3.63) is 48.3 Å². The van der Waals surface area contributed by atoms with Gasteiger partial charge in [0.1, 0.15) is 0 Å². The summed E-state index contributed by atoms with van der Waals surface area (Å²) >= 11 is 0. The molecule has 6 heteroatoms. The van der Waals surface area contributed by atoms with Gasteiger partial charge >= 0.3 is 0 Å². The number of likely N-dealkylation sites (tertiary alicyclic amines) is 1. The molecule has 1 saturated heterocycles. The molecule has 0 saturated carbocycles. The van der Waals surface area contributed by atoms with Gasteiger partial charge in [0.2, 0.25) is 11.8 Å². The highest BCUT2D eigenvalue weighted by Crippen LogP contribution is 2.35. The van der Waals surface area contributed by atoms with E-state index in [9.17, 15) is 9.59 Å². The molecule has 2 aliphatic rings. The van der Waals surface area contributed by atoms with E-state index in [1.54, 1.807) is 6.20 Å². The molecule has 2 aliphatic heterocycles. The second kappa shape index (κ2) is 6.11. The maximum atomic E-state index is 12.8. The van der Waals surface area contributed by atoms with Crippen LogP contribution in [0.4, 0.5) is 5.69 Å². The van der Waals surface area contributed by atoms with Crippen molar-refractivity contribution in [1.82, 2.24) is 14.7 Å². The predicted molar refractivity (Wildman–Crippen MR) is 89.4 cm³/mol. The Balaban J connectivity index is 1.47. The van der Waals surface area contributed by atoms with Gasteiger partial charge in [0.15, 0.2) is 0 Å². The summed E-state index contributed by atoms with van der Waals surface area (Å²) in [6.45, 7) is 1.48. The quantitative estimate of drug-likeness (QED) is 0.935. The third kappa shape index (κ3) is 2.68. The van der Waals surface area contributed by atoms with Gasteiger partial charge in [0.25, 0.3) is 0 Å². The van der Waals surface area contributed by atoms with Gasteiger partial charge in [-0.15, -0.1) is 0 Å². The van der Waals surface area contributed by atoms with Crippen molar-refractivity contribution in [2.24, 2.45) is 0 Å². The first-order chi connectivity index (χ1) is 11.7. The lowest BCUT2D eigenvalue weighted by Crippen LogP contribution is -2.39. The van der Waals surface area contributed by atoms with E-state index in [2.05, 4.69) is 10.4 Å². The van der Waals surface area contributed by atoms with Crippen LogP contribution in [-0.2, 0) is 16.1 Å². The van der Waals surface area contributed by atoms with Gasteiger partial charge in [-0.3, -0.25) is 14.3 Å². The fourth-order valence-electron chi connectivity index (χ4n) is 3.75. The smallest absolute Gasteiger partial charge is 0.232 e. The van der Waals surface area contributed by atoms with Crippen LogP contribution in [0.15, 0.2) is 42.7 Å². The molecule has 1 aromatic carbocycles. The Morgan fingerprint density at radius 2 is 2.17 bits per heavy atom. The molecule has 0 radical (unpaired) electrons. The molecule has 0 bridgehead atoms. The monoisotopic (exact) mass is 324 g/mol. The number of amides is 2. The van der Waals surface area contributed by atoms with Gasteiger partial charge in [0, 0.05) is 31.0 Å². The number of nitrogens with one attached hydrogen (secondary N) is 1. The maximum Gasteiger partial charge on any atom is 0.232 e. The topological polar surface area (TPSA) is 67.2 Å². The van der Waals surface area contributed by atoms with Crippen molar-refractivity contribution in [3.8, 4) is 0 Å². The van der Waals surface area contributed by atoms with Crippen LogP contribution in [0.5, 0.6) is 0 Å². The molecule has 6 nitrogen and oxygen atoms in total. The number of carbonyl (C=O) groups is 2. The van der Waals surface area contributed by atoms with Crippen LogP contribution in [0.1, 0.15) is 30.7 Å². The SMILES string of the molecule is O=C1Nc2ccccc2[C@@H]1CC(=O)N1CCC[C@@H]1Cn1cccn1. The van der Waals surface area contributed by atoms with Crippen LogP contribution < -0.4 is 5.32 Å². The van der Waals surface area contributed by atoms with Crippen molar-refractivity contribution in [2.45, 2.75) is 37.8 Å². The van der Waals surface area contributed by atoms with Crippen LogP contribution in [0, 0.1) is 0 Å². The Morgan fingerprint density at radius 1 is 1.29 bits per heavy atom. The summed E-state index contributed by atoms with van der Waals surface area (Å²) in [4.78, 5) is 27.0. The predicted octanol–water partition coefficient (Wildman–Crippen LogP) is 2.00. The summed E-state index contributed by atoms with van der Waals surface area (Å²) in [6, 6.07) is 9.67. The van der Waals surface area contributed by atoms with E-state index in [4.69, 9.17) is 0 Å². The number of carbonyl (C=O) groups excluding carboxylic acids is 2. The highest BCUT2D eigenvalue weighted by atomic mass is 16.2. The molecular formula is C18H20N4O2. The fourth-order valence-corrected chi connectivity index (χ4v) is 3.75. The molecular weight excluding hydrogens is 304 g/mol. The second-order valence-corrected chi connectivity index (χ2v) is 6.44. The van der Waals surface area contributed by atoms with Crippen LogP contribution in [0.25, 0.3) is 0 Å². The number of rotatable bonds is 4. The summed E-state index contributed by atoms with van der Waals surface area (Å²) in [6.07, 6.45) is 5.89. The normalized spacial score (nSPS) is 22.5. The molecule has 124 valence electrons. The van der Waals surface area contributed by atoms with Gasteiger partial charge in [-0.1, -0.05) is 18.2 Å². The van der Waals surface area contributed by atoms with E-state index in [0.717, 1.165) is 30.6 Å². The Kier molecular flexibility index (Phi) is 3.80.